The van der Waals surface area contributed by atoms with E-state index in [0.717, 1.165) is 4.57 Å². The average Bonchev–Trinajstić information content (AvgIpc) is 3.06. The molecule has 192 valence electrons. The number of aliphatic hydroxyl groups is 1. The average molecular weight is 528 g/mol. The lowest BCUT2D eigenvalue weighted by molar-refractivity contribution is -0.149. The van der Waals surface area contributed by atoms with E-state index in [0.29, 0.717) is 5.75 Å². The Hall–Kier alpha value is -2.34. The molecule has 13 heteroatoms. The summed E-state index contributed by atoms with van der Waals surface area (Å²) in [6, 6.07) is 9.14. The molecule has 2 aromatic rings. The molecule has 1 fully saturated rings. The van der Waals surface area contributed by atoms with Gasteiger partial charge in [0.15, 0.2) is 6.23 Å². The first kappa shape index (κ1) is 27.3. The van der Waals surface area contributed by atoms with Gasteiger partial charge >= 0.3 is 18.3 Å². The highest BCUT2D eigenvalue weighted by Gasteiger charge is 2.43. The molecule has 1 aliphatic rings. The quantitative estimate of drug-likeness (QED) is 0.309. The summed E-state index contributed by atoms with van der Waals surface area (Å²) in [4.78, 5) is 38.0. The van der Waals surface area contributed by atoms with E-state index in [9.17, 15) is 19.5 Å². The van der Waals surface area contributed by atoms with Gasteiger partial charge in [-0.25, -0.2) is 9.88 Å². The molecule has 11 nitrogen and oxygen atoms in total. The molecular weight excluding hydrogens is 497 g/mol. The Morgan fingerprint density at radius 2 is 1.94 bits per heavy atom. The van der Waals surface area contributed by atoms with Gasteiger partial charge in [-0.15, -0.1) is 0 Å². The Balaban J connectivity index is 1.75. The smallest absolute Gasteiger partial charge is 0.330 e. The minimum atomic E-state index is -3.30. The fraction of sp³-hybridized carbons (Fsp3) is 0.500. The number of hydrogen-bond acceptors (Lipinski definition) is 9. The summed E-state index contributed by atoms with van der Waals surface area (Å²) in [6.07, 6.45) is -1.77. The summed E-state index contributed by atoms with van der Waals surface area (Å²) in [7, 11) is 0. The largest absolute Gasteiger partial charge is 0.462 e. The van der Waals surface area contributed by atoms with Crippen LogP contribution in [0.1, 0.15) is 33.9 Å². The highest BCUT2D eigenvalue weighted by molar-refractivity contribution is 8.09. The van der Waals surface area contributed by atoms with Crippen molar-refractivity contribution in [3.8, 4) is 5.75 Å². The van der Waals surface area contributed by atoms with Crippen molar-refractivity contribution in [2.24, 2.45) is 5.92 Å². The number of carbonyl (C=O) groups excluding carboxylic acids is 1. The molecule has 0 saturated carbocycles. The molecule has 35 heavy (non-hydrogen) atoms. The van der Waals surface area contributed by atoms with Crippen LogP contribution < -0.4 is 20.9 Å². The predicted molar refractivity (Wildman–Crippen MR) is 132 cm³/mol. The van der Waals surface area contributed by atoms with Crippen molar-refractivity contribution in [1.82, 2.24) is 14.6 Å². The molecular formula is C22H30N3O8PS. The first-order valence-corrected chi connectivity index (χ1v) is 13.8. The van der Waals surface area contributed by atoms with Gasteiger partial charge in [0.1, 0.15) is 17.9 Å². The highest BCUT2D eigenvalue weighted by atomic mass is 32.5. The van der Waals surface area contributed by atoms with Gasteiger partial charge in [-0.2, -0.15) is 0 Å². The standard InChI is InChI=1S/C22H30N3O8PS/c1-13(2)31-21(28)15(4)24-34(35,33-16-8-6-5-7-9-16)30-12-17-14(3)19(27)20(32-17)25-11-10-18(26)23-22(25)29/h5-11,13-15,17,19-20,27H,12H2,1-4H3,(H,24,35)(H,23,26,29)/t14-,15-,17-,19-,20-,34-/m1/s1. The SMILES string of the molecule is CC(C)OC(=O)[C@@H](C)N[P@@](=S)(OC[C@H]1O[C@@H](n2ccc(=O)[nH]c2=O)[C@H](O)[C@@H]1C)Oc1ccccc1. The van der Waals surface area contributed by atoms with Gasteiger partial charge in [0.25, 0.3) is 5.56 Å². The van der Waals surface area contributed by atoms with E-state index >= 15 is 0 Å². The molecule has 0 radical (unpaired) electrons. The number of carbonyl (C=O) groups is 1. The summed E-state index contributed by atoms with van der Waals surface area (Å²) < 4.78 is 24.2. The van der Waals surface area contributed by atoms with E-state index in [2.05, 4.69) is 10.1 Å². The number of aliphatic hydroxyl groups excluding tert-OH is 1. The zero-order chi connectivity index (χ0) is 25.8. The van der Waals surface area contributed by atoms with Crippen molar-refractivity contribution in [3.05, 3.63) is 63.4 Å². The van der Waals surface area contributed by atoms with Crippen molar-refractivity contribution in [2.75, 3.05) is 6.61 Å². The molecule has 2 heterocycles. The number of hydrogen-bond donors (Lipinski definition) is 3. The summed E-state index contributed by atoms with van der Waals surface area (Å²) in [6.45, 7) is 3.44. The predicted octanol–water partition coefficient (Wildman–Crippen LogP) is 1.68. The second kappa shape index (κ2) is 11.6. The minimum absolute atomic E-state index is 0.0874. The number of ether oxygens (including phenoxy) is 2. The van der Waals surface area contributed by atoms with Crippen LogP contribution in [0.15, 0.2) is 52.2 Å². The zero-order valence-electron chi connectivity index (χ0n) is 19.8. The molecule has 0 spiro atoms. The number of nitrogens with one attached hydrogen (secondary N) is 2. The second-order valence-corrected chi connectivity index (χ2v) is 11.6. The number of H-pyrrole nitrogens is 1. The summed E-state index contributed by atoms with van der Waals surface area (Å²) >= 11 is 5.69. The maximum Gasteiger partial charge on any atom is 0.330 e. The Morgan fingerprint density at radius 3 is 2.57 bits per heavy atom. The van der Waals surface area contributed by atoms with Crippen LogP contribution in [0, 0.1) is 5.92 Å². The van der Waals surface area contributed by atoms with Crippen molar-refractivity contribution in [3.63, 3.8) is 0 Å². The number of nitrogens with zero attached hydrogens (tertiary/aromatic N) is 1. The Labute approximate surface area is 207 Å². The van der Waals surface area contributed by atoms with E-state index in [-0.39, 0.29) is 12.7 Å². The van der Waals surface area contributed by atoms with Crippen molar-refractivity contribution in [1.29, 1.82) is 0 Å². The van der Waals surface area contributed by atoms with Crippen LogP contribution in [0.2, 0.25) is 0 Å². The molecule has 0 aliphatic carbocycles. The normalized spacial score (nSPS) is 24.6. The lowest BCUT2D eigenvalue weighted by atomic mass is 10.0. The van der Waals surface area contributed by atoms with Gasteiger partial charge < -0.3 is 23.6 Å². The number of aromatic amines is 1. The first-order chi connectivity index (χ1) is 16.5. The summed E-state index contributed by atoms with van der Waals surface area (Å²) in [5.74, 6) is -0.499. The van der Waals surface area contributed by atoms with Crippen molar-refractivity contribution >= 4 is 24.4 Å². The molecule has 3 rings (SSSR count). The lowest BCUT2D eigenvalue weighted by Crippen LogP contribution is -2.37. The van der Waals surface area contributed by atoms with Crippen LogP contribution in [0.3, 0.4) is 0 Å². The molecule has 1 aromatic heterocycles. The van der Waals surface area contributed by atoms with E-state index < -0.39 is 54.3 Å². The van der Waals surface area contributed by atoms with E-state index in [1.54, 1.807) is 52.0 Å². The maximum atomic E-state index is 12.4. The van der Waals surface area contributed by atoms with Crippen LogP contribution in [-0.4, -0.2) is 51.6 Å². The molecule has 1 saturated heterocycles. The first-order valence-electron chi connectivity index (χ1n) is 11.1. The number of rotatable bonds is 10. The fourth-order valence-corrected chi connectivity index (χ4v) is 5.84. The van der Waals surface area contributed by atoms with Crippen LogP contribution in [0.4, 0.5) is 0 Å². The molecule has 6 atom stereocenters. The van der Waals surface area contributed by atoms with Crippen LogP contribution in [-0.2, 0) is 30.6 Å². The summed E-state index contributed by atoms with van der Waals surface area (Å²) in [5, 5.41) is 13.6. The third kappa shape index (κ3) is 7.09. The van der Waals surface area contributed by atoms with Gasteiger partial charge in [0.2, 0.25) is 0 Å². The third-order valence-corrected chi connectivity index (χ3v) is 7.79. The van der Waals surface area contributed by atoms with Crippen LogP contribution >= 0.6 is 6.64 Å². The number of para-hydroxylation sites is 1. The van der Waals surface area contributed by atoms with Crippen LogP contribution in [0.25, 0.3) is 0 Å². The van der Waals surface area contributed by atoms with Gasteiger partial charge in [0.05, 0.1) is 18.8 Å². The molecule has 3 N–H and O–H groups in total. The van der Waals surface area contributed by atoms with Crippen molar-refractivity contribution in [2.45, 2.75) is 58.3 Å². The van der Waals surface area contributed by atoms with Crippen molar-refractivity contribution < 1.29 is 28.4 Å². The zero-order valence-corrected chi connectivity index (χ0v) is 21.5. The highest BCUT2D eigenvalue weighted by Crippen LogP contribution is 2.46. The topological polar surface area (TPSA) is 141 Å². The lowest BCUT2D eigenvalue weighted by Gasteiger charge is -2.28. The van der Waals surface area contributed by atoms with Gasteiger partial charge in [-0.3, -0.25) is 19.1 Å². The monoisotopic (exact) mass is 527 g/mol. The molecule has 0 bridgehead atoms. The number of aromatic nitrogens is 2. The van der Waals surface area contributed by atoms with E-state index in [1.807, 2.05) is 6.07 Å². The number of esters is 1. The Kier molecular flexibility index (Phi) is 9.03. The molecule has 1 aliphatic heterocycles. The van der Waals surface area contributed by atoms with E-state index in [1.165, 1.54) is 12.3 Å². The Morgan fingerprint density at radius 1 is 1.26 bits per heavy atom. The molecule has 1 aromatic carbocycles. The molecule has 0 amide bonds. The molecule has 0 unspecified atom stereocenters. The summed E-state index contributed by atoms with van der Waals surface area (Å²) in [5.41, 5.74) is -1.26. The second-order valence-electron chi connectivity index (χ2n) is 8.47. The Bertz CT molecular complexity index is 1170. The van der Waals surface area contributed by atoms with Gasteiger partial charge in [-0.05, 0) is 44.7 Å². The van der Waals surface area contributed by atoms with Crippen LogP contribution in [0.5, 0.6) is 5.75 Å². The van der Waals surface area contributed by atoms with Gasteiger partial charge in [0, 0.05) is 18.2 Å². The fourth-order valence-electron chi connectivity index (χ4n) is 3.42. The van der Waals surface area contributed by atoms with E-state index in [4.69, 9.17) is 30.3 Å². The maximum absolute atomic E-state index is 12.4. The minimum Gasteiger partial charge on any atom is -0.462 e. The third-order valence-electron chi connectivity index (χ3n) is 5.29. The number of benzene rings is 1. The van der Waals surface area contributed by atoms with Gasteiger partial charge in [-0.1, -0.05) is 25.1 Å².